The lowest BCUT2D eigenvalue weighted by Crippen LogP contribution is -2.55. The zero-order valence-electron chi connectivity index (χ0n) is 23.0. The van der Waals surface area contributed by atoms with Gasteiger partial charge in [0.2, 0.25) is 11.6 Å². The third-order valence-electron chi connectivity index (χ3n) is 11.8. The number of carbonyl (C=O) groups is 3. The highest BCUT2D eigenvalue weighted by Crippen LogP contribution is 2.80. The van der Waals surface area contributed by atoms with Gasteiger partial charge in [0.25, 0.3) is 0 Å². The van der Waals surface area contributed by atoms with E-state index in [2.05, 4.69) is 13.8 Å². The summed E-state index contributed by atoms with van der Waals surface area (Å²) in [4.78, 5) is 39.8. The summed E-state index contributed by atoms with van der Waals surface area (Å²) in [6, 6.07) is 0. The van der Waals surface area contributed by atoms with Crippen molar-refractivity contribution in [3.63, 3.8) is 0 Å². The van der Waals surface area contributed by atoms with Crippen LogP contribution in [-0.2, 0) is 14.4 Å². The van der Waals surface area contributed by atoms with Gasteiger partial charge in [-0.25, -0.2) is 0 Å². The second kappa shape index (κ2) is 6.76. The highest BCUT2D eigenvalue weighted by molar-refractivity contribution is 6.38. The second-order valence-electron chi connectivity index (χ2n) is 12.7. The Kier molecular flexibility index (Phi) is 4.02. The van der Waals surface area contributed by atoms with Crippen molar-refractivity contribution in [1.82, 2.24) is 0 Å². The number of Topliss-reactive ketones (excluding diaryl/α,β-unsaturated/α-hetero) is 3. The Morgan fingerprint density at radius 2 is 1.74 bits per heavy atom. The molecule has 0 N–H and O–H groups in total. The van der Waals surface area contributed by atoms with Gasteiger partial charge in [0.05, 0.1) is 0 Å². The minimum atomic E-state index is -2.25. The van der Waals surface area contributed by atoms with E-state index in [-0.39, 0.29) is 27.9 Å². The fourth-order valence-corrected chi connectivity index (χ4v) is 9.73. The summed E-state index contributed by atoms with van der Waals surface area (Å²) < 4.78 is 23.0. The number of carbonyl (C=O) groups excluding carboxylic acids is 3. The van der Waals surface area contributed by atoms with E-state index >= 15 is 0 Å². The van der Waals surface area contributed by atoms with Crippen molar-refractivity contribution in [2.24, 2.45) is 63.6 Å². The van der Waals surface area contributed by atoms with Crippen LogP contribution in [-0.4, -0.2) is 17.3 Å². The lowest BCUT2D eigenvalue weighted by atomic mass is 9.45. The van der Waals surface area contributed by atoms with Gasteiger partial charge in [-0.3, -0.25) is 14.4 Å². The Labute approximate surface area is 192 Å². The Morgan fingerprint density at radius 1 is 1.00 bits per heavy atom. The second-order valence-corrected chi connectivity index (χ2v) is 12.7. The smallest absolute Gasteiger partial charge is 0.201 e. The third-order valence-corrected chi connectivity index (χ3v) is 11.8. The molecule has 0 saturated heterocycles. The summed E-state index contributed by atoms with van der Waals surface area (Å²) in [7, 11) is 0. The molecule has 0 aromatic carbocycles. The number of hydrogen-bond acceptors (Lipinski definition) is 3. The van der Waals surface area contributed by atoms with Crippen LogP contribution in [0.3, 0.4) is 0 Å². The van der Waals surface area contributed by atoms with Gasteiger partial charge in [-0.2, -0.15) is 0 Å². The molecule has 3 heteroatoms. The Bertz CT molecular complexity index is 926. The van der Waals surface area contributed by atoms with Crippen LogP contribution in [0.15, 0.2) is 0 Å². The first-order valence-electron chi connectivity index (χ1n) is 14.3. The first-order chi connectivity index (χ1) is 15.7. The molecule has 0 aromatic rings. The van der Waals surface area contributed by atoms with Gasteiger partial charge in [-0.1, -0.05) is 41.5 Å². The fourth-order valence-electron chi connectivity index (χ4n) is 9.73. The van der Waals surface area contributed by atoms with Gasteiger partial charge >= 0.3 is 0 Å². The molecular formula is C28H42O3. The summed E-state index contributed by atoms with van der Waals surface area (Å²) in [5, 5.41) is 0. The number of hydrogen-bond donors (Lipinski definition) is 0. The van der Waals surface area contributed by atoms with E-state index in [1.807, 2.05) is 6.92 Å². The van der Waals surface area contributed by atoms with Crippen molar-refractivity contribution in [1.29, 1.82) is 0 Å². The Hall–Kier alpha value is -0.990. The van der Waals surface area contributed by atoms with Gasteiger partial charge in [0.1, 0.15) is 5.78 Å². The van der Waals surface area contributed by atoms with Gasteiger partial charge in [0, 0.05) is 27.8 Å². The number of ketones is 3. The first kappa shape index (κ1) is 18.4. The molecular weight excluding hydrogens is 384 g/mol. The van der Waals surface area contributed by atoms with Crippen LogP contribution in [0.2, 0.25) is 0 Å². The van der Waals surface area contributed by atoms with E-state index in [0.717, 1.165) is 38.5 Å². The average molecular weight is 430 g/mol. The summed E-state index contributed by atoms with van der Waals surface area (Å²) >= 11 is 0. The summed E-state index contributed by atoms with van der Waals surface area (Å²) in [5.41, 5.74) is 0.124. The average Bonchev–Trinajstić information content (AvgIpc) is 3.30. The predicted molar refractivity (Wildman–Crippen MR) is 121 cm³/mol. The standard InChI is InChI=1S/C28H42O3/c1-15(2)16(3)24(30)25(31)17(4)20-7-8-21-19-13-23(29)28-14-18(28)9-12-27(28,6)22(19)10-11-26(20,21)5/h15-22H,7-14H2,1-6H3/t16-,17-,18+,19-,20+,21-,22-,26+,27+,28-/m0/s1/i1D3/t15?,16-,17-,18+,19-,20+,21-,22-,26+,27+,28-. The van der Waals surface area contributed by atoms with Gasteiger partial charge in [-0.05, 0) is 91.3 Å². The molecule has 0 heterocycles. The van der Waals surface area contributed by atoms with Crippen molar-refractivity contribution >= 4 is 17.3 Å². The maximum atomic E-state index is 13.5. The van der Waals surface area contributed by atoms with E-state index in [1.54, 1.807) is 13.8 Å². The van der Waals surface area contributed by atoms with E-state index < -0.39 is 30.4 Å². The van der Waals surface area contributed by atoms with E-state index in [1.165, 1.54) is 12.8 Å². The van der Waals surface area contributed by atoms with Crippen LogP contribution in [0.1, 0.15) is 96.9 Å². The predicted octanol–water partition coefficient (Wildman–Crippen LogP) is 5.89. The lowest BCUT2D eigenvalue weighted by molar-refractivity contribution is -0.153. The molecule has 0 aromatic heterocycles. The minimum absolute atomic E-state index is 0.00874. The first-order valence-corrected chi connectivity index (χ1v) is 12.8. The molecule has 0 bridgehead atoms. The molecule has 1 unspecified atom stereocenters. The maximum Gasteiger partial charge on any atom is 0.201 e. The van der Waals surface area contributed by atoms with Gasteiger partial charge in [0.15, 0.2) is 0 Å². The zero-order chi connectivity index (χ0) is 25.0. The van der Waals surface area contributed by atoms with Crippen molar-refractivity contribution in [2.75, 3.05) is 0 Å². The van der Waals surface area contributed by atoms with E-state index in [4.69, 9.17) is 4.11 Å². The van der Waals surface area contributed by atoms with E-state index in [0.29, 0.717) is 29.5 Å². The van der Waals surface area contributed by atoms with E-state index in [9.17, 15) is 14.4 Å². The topological polar surface area (TPSA) is 51.2 Å². The molecule has 11 atom stereocenters. The highest BCUT2D eigenvalue weighted by atomic mass is 16.2. The molecule has 0 aliphatic heterocycles. The minimum Gasteiger partial charge on any atom is -0.299 e. The summed E-state index contributed by atoms with van der Waals surface area (Å²) in [6.07, 6.45) is 8.42. The molecule has 172 valence electrons. The largest absolute Gasteiger partial charge is 0.299 e. The monoisotopic (exact) mass is 429 g/mol. The summed E-state index contributed by atoms with van der Waals surface area (Å²) in [5.74, 6) is -0.188. The summed E-state index contributed by atoms with van der Waals surface area (Å²) in [6.45, 7) is 7.52. The normalized spacial score (nSPS) is 52.4. The zero-order valence-corrected chi connectivity index (χ0v) is 20.0. The van der Waals surface area contributed by atoms with Crippen molar-refractivity contribution in [3.8, 4) is 0 Å². The molecule has 5 rings (SSSR count). The Balaban J connectivity index is 1.35. The van der Waals surface area contributed by atoms with Crippen LogP contribution >= 0.6 is 0 Å². The number of fused-ring (bicyclic) bond motifs is 4. The quantitative estimate of drug-likeness (QED) is 0.512. The van der Waals surface area contributed by atoms with Crippen LogP contribution < -0.4 is 0 Å². The molecule has 5 aliphatic rings. The molecule has 0 radical (unpaired) electrons. The Morgan fingerprint density at radius 3 is 2.42 bits per heavy atom. The molecule has 0 amide bonds. The van der Waals surface area contributed by atoms with Crippen molar-refractivity contribution in [3.05, 3.63) is 0 Å². The van der Waals surface area contributed by atoms with Crippen LogP contribution in [0.4, 0.5) is 0 Å². The molecule has 3 nitrogen and oxygen atoms in total. The highest BCUT2D eigenvalue weighted by Gasteiger charge is 2.77. The maximum absolute atomic E-state index is 13.5. The molecule has 5 saturated carbocycles. The van der Waals surface area contributed by atoms with Crippen molar-refractivity contribution < 1.29 is 18.5 Å². The molecule has 31 heavy (non-hydrogen) atoms. The molecule has 1 spiro atoms. The van der Waals surface area contributed by atoms with Gasteiger partial charge < -0.3 is 0 Å². The third kappa shape index (κ3) is 2.61. The van der Waals surface area contributed by atoms with Crippen LogP contribution in [0.5, 0.6) is 0 Å². The molecule has 5 fully saturated rings. The number of rotatable bonds is 5. The van der Waals surface area contributed by atoms with Crippen molar-refractivity contribution in [2.45, 2.75) is 92.8 Å². The van der Waals surface area contributed by atoms with Crippen LogP contribution in [0.25, 0.3) is 0 Å². The van der Waals surface area contributed by atoms with Gasteiger partial charge in [-0.15, -0.1) is 0 Å². The molecule has 5 aliphatic carbocycles. The van der Waals surface area contributed by atoms with Crippen LogP contribution in [0, 0.1) is 63.6 Å². The fraction of sp³-hybridized carbons (Fsp3) is 0.893. The SMILES string of the molecule is [2H]C([2H])([2H])C(C)[C@H](C)C(=O)C(=O)[C@@H](C)[C@H]1CC[C@H]2[C@@H]3CC(=O)[C@]45C[C@H]4CC[C@]5(C)[C@H]3CC[C@]12C. The lowest BCUT2D eigenvalue weighted by Gasteiger charge is -2.58.